The maximum absolute atomic E-state index is 13.4. The number of hydrogen-bond acceptors (Lipinski definition) is 4. The number of nitrogens with two attached hydrogens (primary N) is 1. The smallest absolute Gasteiger partial charge is 0.322 e. The van der Waals surface area contributed by atoms with Gasteiger partial charge in [-0.15, -0.1) is 0 Å². The van der Waals surface area contributed by atoms with Crippen LogP contribution in [0.5, 0.6) is 5.75 Å². The fourth-order valence-corrected chi connectivity index (χ4v) is 2.57. The number of halogens is 1. The molecule has 0 aliphatic carbocycles. The molecule has 3 rings (SSSR count). The maximum atomic E-state index is 13.4. The molecule has 0 bridgehead atoms. The fraction of sp³-hybridized carbons (Fsp3) is 0.333. The third-order valence-electron chi connectivity index (χ3n) is 3.43. The van der Waals surface area contributed by atoms with Gasteiger partial charge in [0.05, 0.1) is 0 Å². The molecule has 2 aliphatic rings. The molecule has 0 unspecified atom stereocenters. The molecule has 0 aromatic heterocycles. The van der Waals surface area contributed by atoms with Gasteiger partial charge in [-0.05, 0) is 18.2 Å². The molecule has 3 amide bonds. The third kappa shape index (κ3) is 1.66. The molecule has 19 heavy (non-hydrogen) atoms. The number of imide groups is 1. The van der Waals surface area contributed by atoms with Gasteiger partial charge in [-0.3, -0.25) is 10.1 Å². The Kier molecular flexibility index (Phi) is 2.46. The van der Waals surface area contributed by atoms with E-state index in [2.05, 4.69) is 10.6 Å². The van der Waals surface area contributed by atoms with Gasteiger partial charge in [0, 0.05) is 18.5 Å². The Bertz CT molecular complexity index is 577. The topological polar surface area (TPSA) is 93.5 Å². The standard InChI is InChI=1S/C12H12FN3O3/c13-6-1-2-9-8(3-6)12(4-7(5-14)19-9)10(17)15-11(18)16-12/h1-3,7H,4-5,14H2,(H2,15,16,17,18)/t7-,12-/m0/s1. The zero-order chi connectivity index (χ0) is 13.6. The first-order valence-electron chi connectivity index (χ1n) is 5.85. The molecule has 2 atom stereocenters. The lowest BCUT2D eigenvalue weighted by atomic mass is 9.82. The van der Waals surface area contributed by atoms with Crippen molar-refractivity contribution in [1.82, 2.24) is 10.6 Å². The van der Waals surface area contributed by atoms with Crippen molar-refractivity contribution in [3.63, 3.8) is 0 Å². The second-order valence-electron chi connectivity index (χ2n) is 4.63. The molecule has 0 radical (unpaired) electrons. The molecule has 2 aliphatic heterocycles. The Labute approximate surface area is 108 Å². The summed E-state index contributed by atoms with van der Waals surface area (Å²) in [5.74, 6) is -0.645. The van der Waals surface area contributed by atoms with Crippen molar-refractivity contribution in [2.24, 2.45) is 5.73 Å². The van der Waals surface area contributed by atoms with Crippen LogP contribution < -0.4 is 21.1 Å². The van der Waals surface area contributed by atoms with Crippen LogP contribution in [0.3, 0.4) is 0 Å². The number of urea groups is 1. The van der Waals surface area contributed by atoms with E-state index >= 15 is 0 Å². The summed E-state index contributed by atoms with van der Waals surface area (Å²) in [6.07, 6.45) is -0.237. The molecule has 6 nitrogen and oxygen atoms in total. The number of hydrogen-bond donors (Lipinski definition) is 3. The Morgan fingerprint density at radius 2 is 2.26 bits per heavy atom. The van der Waals surface area contributed by atoms with E-state index in [1.165, 1.54) is 18.2 Å². The fourth-order valence-electron chi connectivity index (χ4n) is 2.57. The van der Waals surface area contributed by atoms with Crippen LogP contribution in [-0.4, -0.2) is 24.6 Å². The second-order valence-corrected chi connectivity index (χ2v) is 4.63. The predicted molar refractivity (Wildman–Crippen MR) is 62.8 cm³/mol. The van der Waals surface area contributed by atoms with Gasteiger partial charge in [-0.2, -0.15) is 0 Å². The van der Waals surface area contributed by atoms with Crippen LogP contribution in [0.4, 0.5) is 9.18 Å². The molecule has 1 spiro atoms. The maximum Gasteiger partial charge on any atom is 0.322 e. The molecule has 100 valence electrons. The summed E-state index contributed by atoms with van der Waals surface area (Å²) in [5, 5.41) is 4.74. The van der Waals surface area contributed by atoms with Gasteiger partial charge in [0.2, 0.25) is 0 Å². The minimum absolute atomic E-state index is 0.178. The van der Waals surface area contributed by atoms with Crippen LogP contribution in [-0.2, 0) is 10.3 Å². The van der Waals surface area contributed by atoms with Crippen LogP contribution in [0.2, 0.25) is 0 Å². The molecule has 0 saturated carbocycles. The van der Waals surface area contributed by atoms with Crippen molar-refractivity contribution in [2.75, 3.05) is 6.54 Å². The number of benzene rings is 1. The van der Waals surface area contributed by atoms with Crippen LogP contribution in [0.15, 0.2) is 18.2 Å². The summed E-state index contributed by atoms with van der Waals surface area (Å²) < 4.78 is 19.0. The second kappa shape index (κ2) is 3.92. The van der Waals surface area contributed by atoms with Crippen molar-refractivity contribution >= 4 is 11.9 Å². The summed E-state index contributed by atoms with van der Waals surface area (Å²) in [5.41, 5.74) is 4.60. The Morgan fingerprint density at radius 3 is 2.89 bits per heavy atom. The monoisotopic (exact) mass is 265 g/mol. The average molecular weight is 265 g/mol. The van der Waals surface area contributed by atoms with E-state index in [1.807, 2.05) is 0 Å². The first-order valence-corrected chi connectivity index (χ1v) is 5.85. The molecule has 1 aromatic carbocycles. The molecular weight excluding hydrogens is 253 g/mol. The molecule has 1 saturated heterocycles. The van der Waals surface area contributed by atoms with Crippen molar-refractivity contribution in [1.29, 1.82) is 0 Å². The van der Waals surface area contributed by atoms with Gasteiger partial charge >= 0.3 is 6.03 Å². The highest BCUT2D eigenvalue weighted by molar-refractivity contribution is 6.07. The SMILES string of the molecule is NC[C@@H]1C[C@]2(NC(=O)NC2=O)c2cc(F)ccc2O1. The summed E-state index contributed by atoms with van der Waals surface area (Å²) in [6, 6.07) is 3.28. The van der Waals surface area contributed by atoms with E-state index in [4.69, 9.17) is 10.5 Å². The molecule has 1 aromatic rings. The molecule has 1 fully saturated rings. The first-order chi connectivity index (χ1) is 9.05. The highest BCUT2D eigenvalue weighted by Crippen LogP contribution is 2.41. The number of nitrogens with one attached hydrogen (secondary N) is 2. The molecule has 2 heterocycles. The summed E-state index contributed by atoms with van der Waals surface area (Å²) in [6.45, 7) is 0.196. The molecular formula is C12H12FN3O3. The number of ether oxygens (including phenoxy) is 1. The lowest BCUT2D eigenvalue weighted by Gasteiger charge is -2.37. The normalized spacial score (nSPS) is 28.6. The van der Waals surface area contributed by atoms with Crippen LogP contribution in [0.25, 0.3) is 0 Å². The lowest BCUT2D eigenvalue weighted by Crippen LogP contribution is -2.51. The number of carbonyl (C=O) groups is 2. The van der Waals surface area contributed by atoms with Gasteiger partial charge in [0.15, 0.2) is 5.54 Å². The van der Waals surface area contributed by atoms with Crippen LogP contribution in [0.1, 0.15) is 12.0 Å². The van der Waals surface area contributed by atoms with Gasteiger partial charge in [0.1, 0.15) is 17.7 Å². The lowest BCUT2D eigenvalue weighted by molar-refractivity contribution is -0.126. The minimum atomic E-state index is -1.29. The van der Waals surface area contributed by atoms with Gasteiger partial charge < -0.3 is 15.8 Å². The van der Waals surface area contributed by atoms with Gasteiger partial charge in [0.25, 0.3) is 5.91 Å². The van der Waals surface area contributed by atoms with Crippen LogP contribution >= 0.6 is 0 Å². The van der Waals surface area contributed by atoms with Gasteiger partial charge in [-0.1, -0.05) is 0 Å². The minimum Gasteiger partial charge on any atom is -0.489 e. The Balaban J connectivity index is 2.17. The van der Waals surface area contributed by atoms with Crippen molar-refractivity contribution in [3.8, 4) is 5.75 Å². The first kappa shape index (κ1) is 11.9. The highest BCUT2D eigenvalue weighted by atomic mass is 19.1. The number of carbonyl (C=O) groups excluding carboxylic acids is 2. The largest absolute Gasteiger partial charge is 0.489 e. The van der Waals surface area contributed by atoms with E-state index in [9.17, 15) is 14.0 Å². The number of rotatable bonds is 1. The average Bonchev–Trinajstić information content (AvgIpc) is 2.65. The summed E-state index contributed by atoms with van der Waals surface area (Å²) in [7, 11) is 0. The quantitative estimate of drug-likeness (QED) is 0.622. The molecule has 4 N–H and O–H groups in total. The van der Waals surface area contributed by atoms with E-state index in [0.29, 0.717) is 11.3 Å². The van der Waals surface area contributed by atoms with E-state index < -0.39 is 29.4 Å². The zero-order valence-corrected chi connectivity index (χ0v) is 9.90. The third-order valence-corrected chi connectivity index (χ3v) is 3.43. The Morgan fingerprint density at radius 1 is 1.47 bits per heavy atom. The number of amides is 3. The molecule has 7 heteroatoms. The zero-order valence-electron chi connectivity index (χ0n) is 9.90. The summed E-state index contributed by atoms with van der Waals surface area (Å²) in [4.78, 5) is 23.5. The van der Waals surface area contributed by atoms with Crippen molar-refractivity contribution < 1.29 is 18.7 Å². The van der Waals surface area contributed by atoms with E-state index in [0.717, 1.165) is 0 Å². The van der Waals surface area contributed by atoms with Crippen LogP contribution in [0, 0.1) is 5.82 Å². The highest BCUT2D eigenvalue weighted by Gasteiger charge is 2.53. The Hall–Kier alpha value is -2.15. The van der Waals surface area contributed by atoms with E-state index in [-0.39, 0.29) is 13.0 Å². The summed E-state index contributed by atoms with van der Waals surface area (Å²) >= 11 is 0. The number of fused-ring (bicyclic) bond motifs is 2. The van der Waals surface area contributed by atoms with E-state index in [1.54, 1.807) is 0 Å². The van der Waals surface area contributed by atoms with Crippen molar-refractivity contribution in [2.45, 2.75) is 18.1 Å². The predicted octanol–water partition coefficient (Wildman–Crippen LogP) is -0.0298. The van der Waals surface area contributed by atoms with Crippen molar-refractivity contribution in [3.05, 3.63) is 29.6 Å². The van der Waals surface area contributed by atoms with Gasteiger partial charge in [-0.25, -0.2) is 9.18 Å².